The Hall–Kier alpha value is -1.49. The number of rotatable bonds is 5. The summed E-state index contributed by atoms with van der Waals surface area (Å²) in [4.78, 5) is 34.2. The molecule has 0 amide bonds. The molecule has 18 heavy (non-hydrogen) atoms. The summed E-state index contributed by atoms with van der Waals surface area (Å²) >= 11 is 3.15. The first kappa shape index (κ1) is 14.6. The molecule has 0 aliphatic heterocycles. The lowest BCUT2D eigenvalue weighted by Crippen LogP contribution is -2.16. The zero-order valence-corrected chi connectivity index (χ0v) is 11.7. The number of esters is 1. The van der Waals surface area contributed by atoms with Crippen LogP contribution in [-0.2, 0) is 4.74 Å². The SMILES string of the molecule is CCOC(=O)c1cccc(C(=O)C(C)Br)c1C=O. The fourth-order valence-electron chi connectivity index (χ4n) is 1.51. The highest BCUT2D eigenvalue weighted by atomic mass is 79.9. The van der Waals surface area contributed by atoms with Crippen LogP contribution < -0.4 is 0 Å². The number of carbonyl (C=O) groups excluding carboxylic acids is 3. The molecular weight excluding hydrogens is 300 g/mol. The Kier molecular flexibility index (Phi) is 5.22. The van der Waals surface area contributed by atoms with Gasteiger partial charge in [0.05, 0.1) is 17.0 Å². The van der Waals surface area contributed by atoms with Gasteiger partial charge in [0.1, 0.15) is 0 Å². The van der Waals surface area contributed by atoms with Gasteiger partial charge in [0, 0.05) is 11.1 Å². The topological polar surface area (TPSA) is 60.4 Å². The summed E-state index contributed by atoms with van der Waals surface area (Å²) in [6.07, 6.45) is 0.509. The van der Waals surface area contributed by atoms with Gasteiger partial charge in [0.2, 0.25) is 0 Å². The highest BCUT2D eigenvalue weighted by molar-refractivity contribution is 9.10. The van der Waals surface area contributed by atoms with Gasteiger partial charge in [0.15, 0.2) is 12.1 Å². The van der Waals surface area contributed by atoms with Gasteiger partial charge < -0.3 is 4.74 Å². The van der Waals surface area contributed by atoms with E-state index in [1.165, 1.54) is 12.1 Å². The number of benzene rings is 1. The predicted molar refractivity (Wildman–Crippen MR) is 70.5 cm³/mol. The molecule has 96 valence electrons. The number of halogens is 1. The van der Waals surface area contributed by atoms with Crippen LogP contribution in [0.4, 0.5) is 0 Å². The summed E-state index contributed by atoms with van der Waals surface area (Å²) in [6, 6.07) is 4.55. The first-order valence-corrected chi connectivity index (χ1v) is 6.38. The van der Waals surface area contributed by atoms with Crippen LogP contribution in [0.25, 0.3) is 0 Å². The predicted octanol–water partition coefficient (Wildman–Crippen LogP) is 2.64. The van der Waals surface area contributed by atoms with Gasteiger partial charge in [-0.05, 0) is 19.9 Å². The van der Waals surface area contributed by atoms with Crippen molar-refractivity contribution >= 4 is 34.0 Å². The van der Waals surface area contributed by atoms with Crippen molar-refractivity contribution < 1.29 is 19.1 Å². The van der Waals surface area contributed by atoms with E-state index in [2.05, 4.69) is 15.9 Å². The molecule has 1 atom stereocenters. The summed E-state index contributed by atoms with van der Waals surface area (Å²) in [5, 5.41) is 0. The molecule has 0 N–H and O–H groups in total. The Morgan fingerprint density at radius 2 is 2.00 bits per heavy atom. The van der Waals surface area contributed by atoms with Gasteiger partial charge in [-0.2, -0.15) is 0 Å². The first-order chi connectivity index (χ1) is 8.52. The molecule has 1 rings (SSSR count). The van der Waals surface area contributed by atoms with E-state index >= 15 is 0 Å². The zero-order valence-electron chi connectivity index (χ0n) is 10.1. The summed E-state index contributed by atoms with van der Waals surface area (Å²) in [5.41, 5.74) is 0.415. The van der Waals surface area contributed by atoms with Gasteiger partial charge in [-0.1, -0.05) is 28.1 Å². The quantitative estimate of drug-likeness (QED) is 0.363. The van der Waals surface area contributed by atoms with Crippen LogP contribution in [0.15, 0.2) is 18.2 Å². The van der Waals surface area contributed by atoms with Crippen LogP contribution in [0.2, 0.25) is 0 Å². The van der Waals surface area contributed by atoms with E-state index in [1.807, 2.05) is 0 Å². The smallest absolute Gasteiger partial charge is 0.338 e. The molecule has 0 heterocycles. The normalized spacial score (nSPS) is 11.7. The van der Waals surface area contributed by atoms with Crippen molar-refractivity contribution in [3.63, 3.8) is 0 Å². The average Bonchev–Trinajstić information content (AvgIpc) is 2.36. The largest absolute Gasteiger partial charge is 0.462 e. The zero-order chi connectivity index (χ0) is 13.7. The maximum Gasteiger partial charge on any atom is 0.338 e. The van der Waals surface area contributed by atoms with Gasteiger partial charge in [-0.3, -0.25) is 9.59 Å². The Labute approximate surface area is 113 Å². The molecule has 0 radical (unpaired) electrons. The molecule has 0 aliphatic carbocycles. The monoisotopic (exact) mass is 312 g/mol. The standard InChI is InChI=1S/C13H13BrO4/c1-3-18-13(17)10-6-4-5-9(11(10)7-15)12(16)8(2)14/h4-8H,3H2,1-2H3. The van der Waals surface area contributed by atoms with Gasteiger partial charge in [0.25, 0.3) is 0 Å². The second-order valence-electron chi connectivity index (χ2n) is 3.59. The van der Waals surface area contributed by atoms with Crippen molar-refractivity contribution in [1.29, 1.82) is 0 Å². The Balaban J connectivity index is 3.30. The third-order valence-corrected chi connectivity index (χ3v) is 2.76. The summed E-state index contributed by atoms with van der Waals surface area (Å²) in [6.45, 7) is 3.55. The number of hydrogen-bond acceptors (Lipinski definition) is 4. The van der Waals surface area contributed by atoms with Crippen molar-refractivity contribution in [2.75, 3.05) is 6.61 Å². The van der Waals surface area contributed by atoms with Crippen molar-refractivity contribution in [3.8, 4) is 0 Å². The Morgan fingerprint density at radius 3 is 2.50 bits per heavy atom. The molecular formula is C13H13BrO4. The highest BCUT2D eigenvalue weighted by Gasteiger charge is 2.21. The second-order valence-corrected chi connectivity index (χ2v) is 4.96. The molecule has 1 aromatic carbocycles. The molecule has 0 spiro atoms. The van der Waals surface area contributed by atoms with E-state index in [1.54, 1.807) is 19.9 Å². The minimum Gasteiger partial charge on any atom is -0.462 e. The summed E-state index contributed by atoms with van der Waals surface area (Å²) in [5.74, 6) is -0.847. The van der Waals surface area contributed by atoms with E-state index in [-0.39, 0.29) is 29.1 Å². The average molecular weight is 313 g/mol. The molecule has 0 saturated heterocycles. The minimum absolute atomic E-state index is 0.0762. The lowest BCUT2D eigenvalue weighted by atomic mass is 9.98. The van der Waals surface area contributed by atoms with Crippen LogP contribution in [0.1, 0.15) is 44.9 Å². The van der Waals surface area contributed by atoms with Crippen molar-refractivity contribution in [1.82, 2.24) is 0 Å². The molecule has 4 nitrogen and oxygen atoms in total. The number of carbonyl (C=O) groups is 3. The fraction of sp³-hybridized carbons (Fsp3) is 0.308. The number of hydrogen-bond donors (Lipinski definition) is 0. The highest BCUT2D eigenvalue weighted by Crippen LogP contribution is 2.18. The van der Waals surface area contributed by atoms with Gasteiger partial charge >= 0.3 is 5.97 Å². The molecule has 0 aliphatic rings. The van der Waals surface area contributed by atoms with Crippen LogP contribution in [0, 0.1) is 0 Å². The second kappa shape index (κ2) is 6.44. The maximum absolute atomic E-state index is 11.9. The number of Topliss-reactive ketones (excluding diaryl/α,β-unsaturated/α-hetero) is 1. The van der Waals surface area contributed by atoms with Crippen LogP contribution >= 0.6 is 15.9 Å². The first-order valence-electron chi connectivity index (χ1n) is 5.46. The van der Waals surface area contributed by atoms with Gasteiger partial charge in [-0.25, -0.2) is 4.79 Å². The Bertz CT molecular complexity index is 480. The molecule has 0 bridgehead atoms. The van der Waals surface area contributed by atoms with E-state index in [0.717, 1.165) is 0 Å². The summed E-state index contributed by atoms with van der Waals surface area (Å²) in [7, 11) is 0. The number of aldehydes is 1. The molecule has 0 saturated carbocycles. The minimum atomic E-state index is -0.600. The number of ketones is 1. The summed E-state index contributed by atoms with van der Waals surface area (Å²) < 4.78 is 4.84. The molecule has 1 aromatic rings. The van der Waals surface area contributed by atoms with Crippen LogP contribution in [0.5, 0.6) is 0 Å². The van der Waals surface area contributed by atoms with E-state index in [9.17, 15) is 14.4 Å². The molecule has 0 fully saturated rings. The van der Waals surface area contributed by atoms with Crippen molar-refractivity contribution in [2.45, 2.75) is 18.7 Å². The number of alkyl halides is 1. The van der Waals surface area contributed by atoms with Crippen LogP contribution in [0.3, 0.4) is 0 Å². The molecule has 5 heteroatoms. The van der Waals surface area contributed by atoms with Crippen molar-refractivity contribution in [2.24, 2.45) is 0 Å². The van der Waals surface area contributed by atoms with E-state index in [0.29, 0.717) is 6.29 Å². The van der Waals surface area contributed by atoms with E-state index < -0.39 is 10.8 Å². The third kappa shape index (κ3) is 3.04. The van der Waals surface area contributed by atoms with Crippen molar-refractivity contribution in [3.05, 3.63) is 34.9 Å². The lowest BCUT2D eigenvalue weighted by molar-refractivity contribution is 0.0524. The molecule has 1 unspecified atom stereocenters. The maximum atomic E-state index is 11.9. The fourth-order valence-corrected chi connectivity index (χ4v) is 1.75. The van der Waals surface area contributed by atoms with Crippen LogP contribution in [-0.4, -0.2) is 29.5 Å². The molecule has 0 aromatic heterocycles. The number of ether oxygens (including phenoxy) is 1. The van der Waals surface area contributed by atoms with E-state index in [4.69, 9.17) is 4.74 Å². The lowest BCUT2D eigenvalue weighted by Gasteiger charge is -2.09. The third-order valence-electron chi connectivity index (χ3n) is 2.35. The van der Waals surface area contributed by atoms with Gasteiger partial charge in [-0.15, -0.1) is 0 Å². The Morgan fingerprint density at radius 1 is 1.39 bits per heavy atom.